The van der Waals surface area contributed by atoms with Gasteiger partial charge in [0.05, 0.1) is 13.1 Å². The molecule has 1 aromatic carbocycles. The van der Waals surface area contributed by atoms with Crippen LogP contribution in [0.15, 0.2) is 18.2 Å². The van der Waals surface area contributed by atoms with Crippen molar-refractivity contribution in [1.29, 1.82) is 0 Å². The first kappa shape index (κ1) is 14.7. The van der Waals surface area contributed by atoms with Crippen molar-refractivity contribution in [2.24, 2.45) is 0 Å². The lowest BCUT2D eigenvalue weighted by molar-refractivity contribution is -0.868. The molecule has 0 saturated heterocycles. The summed E-state index contributed by atoms with van der Waals surface area (Å²) in [6, 6.07) is 5.84. The van der Waals surface area contributed by atoms with Gasteiger partial charge in [0.15, 0.2) is 6.54 Å². The maximum atomic E-state index is 12.1. The van der Waals surface area contributed by atoms with Crippen molar-refractivity contribution in [3.05, 3.63) is 34.5 Å². The molecule has 100 valence electrons. The van der Waals surface area contributed by atoms with Gasteiger partial charge in [0.25, 0.3) is 5.91 Å². The van der Waals surface area contributed by atoms with Gasteiger partial charge in [-0.25, -0.2) is 0 Å². The minimum Gasteiger partial charge on any atom is -0.632 e. The Kier molecular flexibility index (Phi) is 4.87. The summed E-state index contributed by atoms with van der Waals surface area (Å²) in [5.74, 6) is -0.217. The van der Waals surface area contributed by atoms with Crippen LogP contribution in [-0.4, -0.2) is 30.2 Å². The van der Waals surface area contributed by atoms with Crippen molar-refractivity contribution in [3.8, 4) is 0 Å². The Morgan fingerprint density at radius 3 is 2.17 bits per heavy atom. The second-order valence-corrected chi connectivity index (χ2v) is 4.66. The molecular weight excluding hydrogens is 228 g/mol. The molecule has 1 aromatic rings. The SMILES string of the molecule is CC[N+]([O-])(CC)CC(=O)Nc1c(C)cccc1C. The van der Waals surface area contributed by atoms with Gasteiger partial charge in [-0.1, -0.05) is 18.2 Å². The van der Waals surface area contributed by atoms with Crippen LogP contribution in [-0.2, 0) is 4.79 Å². The van der Waals surface area contributed by atoms with Crippen molar-refractivity contribution < 1.29 is 9.44 Å². The van der Waals surface area contributed by atoms with Crippen molar-refractivity contribution in [2.75, 3.05) is 25.0 Å². The second-order valence-electron chi connectivity index (χ2n) is 4.66. The van der Waals surface area contributed by atoms with Crippen LogP contribution in [0.1, 0.15) is 25.0 Å². The molecule has 0 saturated carbocycles. The van der Waals surface area contributed by atoms with E-state index in [0.717, 1.165) is 16.8 Å². The van der Waals surface area contributed by atoms with Crippen LogP contribution in [0.3, 0.4) is 0 Å². The highest BCUT2D eigenvalue weighted by atomic mass is 16.5. The lowest BCUT2D eigenvalue weighted by Crippen LogP contribution is -2.47. The molecule has 1 amide bonds. The molecule has 0 unspecified atom stereocenters. The molecule has 0 radical (unpaired) electrons. The van der Waals surface area contributed by atoms with Crippen LogP contribution in [0.5, 0.6) is 0 Å². The van der Waals surface area contributed by atoms with E-state index in [-0.39, 0.29) is 12.5 Å². The highest BCUT2D eigenvalue weighted by Gasteiger charge is 2.18. The fraction of sp³-hybridized carbons (Fsp3) is 0.500. The first-order valence-electron chi connectivity index (χ1n) is 6.35. The number of anilines is 1. The lowest BCUT2D eigenvalue weighted by Gasteiger charge is -2.40. The molecule has 0 aliphatic rings. The summed E-state index contributed by atoms with van der Waals surface area (Å²) >= 11 is 0. The number of nitrogens with zero attached hydrogens (tertiary/aromatic N) is 1. The maximum absolute atomic E-state index is 12.1. The van der Waals surface area contributed by atoms with Crippen LogP contribution in [0.2, 0.25) is 0 Å². The van der Waals surface area contributed by atoms with E-state index in [2.05, 4.69) is 5.32 Å². The number of aryl methyl sites for hydroxylation is 2. The molecule has 0 fully saturated rings. The van der Waals surface area contributed by atoms with Gasteiger partial charge in [0, 0.05) is 5.69 Å². The fourth-order valence-electron chi connectivity index (χ4n) is 1.90. The zero-order valence-electron chi connectivity index (χ0n) is 11.6. The van der Waals surface area contributed by atoms with E-state index >= 15 is 0 Å². The lowest BCUT2D eigenvalue weighted by atomic mass is 10.1. The minimum absolute atomic E-state index is 0.0270. The van der Waals surface area contributed by atoms with Gasteiger partial charge in [0.2, 0.25) is 0 Å². The van der Waals surface area contributed by atoms with Crippen LogP contribution < -0.4 is 5.32 Å². The monoisotopic (exact) mass is 250 g/mol. The number of rotatable bonds is 5. The average Bonchev–Trinajstić information content (AvgIpc) is 2.34. The van der Waals surface area contributed by atoms with Gasteiger partial charge in [-0.15, -0.1) is 0 Å². The number of likely N-dealkylation sites (N-methyl/N-ethyl adjacent to an activating group) is 1. The predicted octanol–water partition coefficient (Wildman–Crippen LogP) is 2.60. The summed E-state index contributed by atoms with van der Waals surface area (Å²) in [5, 5.41) is 14.9. The van der Waals surface area contributed by atoms with Gasteiger partial charge < -0.3 is 15.2 Å². The zero-order chi connectivity index (χ0) is 13.8. The summed E-state index contributed by atoms with van der Waals surface area (Å²) in [6.45, 7) is 8.31. The smallest absolute Gasteiger partial charge is 0.279 e. The first-order chi connectivity index (χ1) is 8.41. The van der Waals surface area contributed by atoms with E-state index in [1.54, 1.807) is 0 Å². The molecule has 4 heteroatoms. The third-order valence-corrected chi connectivity index (χ3v) is 3.33. The van der Waals surface area contributed by atoms with Crippen molar-refractivity contribution in [1.82, 2.24) is 0 Å². The Bertz CT molecular complexity index is 406. The van der Waals surface area contributed by atoms with E-state index in [1.165, 1.54) is 0 Å². The van der Waals surface area contributed by atoms with E-state index in [1.807, 2.05) is 45.9 Å². The Morgan fingerprint density at radius 1 is 1.22 bits per heavy atom. The summed E-state index contributed by atoms with van der Waals surface area (Å²) in [7, 11) is 0. The van der Waals surface area contributed by atoms with Gasteiger partial charge in [0.1, 0.15) is 0 Å². The van der Waals surface area contributed by atoms with E-state index in [9.17, 15) is 10.0 Å². The minimum atomic E-state index is -0.475. The number of para-hydroxylation sites is 1. The van der Waals surface area contributed by atoms with Gasteiger partial charge in [-0.2, -0.15) is 0 Å². The normalized spacial score (nSPS) is 11.4. The maximum Gasteiger partial charge on any atom is 0.279 e. The Balaban J connectivity index is 2.77. The third kappa shape index (κ3) is 3.55. The molecule has 4 nitrogen and oxygen atoms in total. The van der Waals surface area contributed by atoms with Gasteiger partial charge in [-0.3, -0.25) is 4.79 Å². The highest BCUT2D eigenvalue weighted by Crippen LogP contribution is 2.19. The number of hydrogen-bond donors (Lipinski definition) is 1. The summed E-state index contributed by atoms with van der Waals surface area (Å²) in [6.07, 6.45) is 0. The summed E-state index contributed by atoms with van der Waals surface area (Å²) < 4.78 is -0.475. The second kappa shape index (κ2) is 5.98. The standard InChI is InChI=1S/C14H22N2O2/c1-5-16(18,6-2)10-13(17)15-14-11(3)8-7-9-12(14)4/h7-9H,5-6,10H2,1-4H3,(H,15,17). The number of nitrogens with one attached hydrogen (secondary N) is 1. The molecule has 0 heterocycles. The molecule has 0 aromatic heterocycles. The number of carbonyl (C=O) groups is 1. The molecule has 0 spiro atoms. The zero-order valence-corrected chi connectivity index (χ0v) is 11.6. The molecule has 18 heavy (non-hydrogen) atoms. The molecular formula is C14H22N2O2. The number of carbonyl (C=O) groups excluding carboxylic acids is 1. The third-order valence-electron chi connectivity index (χ3n) is 3.33. The topological polar surface area (TPSA) is 52.2 Å². The quantitative estimate of drug-likeness (QED) is 0.645. The Morgan fingerprint density at radius 2 is 1.72 bits per heavy atom. The Labute approximate surface area is 109 Å². The van der Waals surface area contributed by atoms with E-state index in [0.29, 0.717) is 13.1 Å². The largest absolute Gasteiger partial charge is 0.632 e. The first-order valence-corrected chi connectivity index (χ1v) is 6.35. The number of hydrogen-bond acceptors (Lipinski definition) is 2. The van der Waals surface area contributed by atoms with Crippen molar-refractivity contribution in [3.63, 3.8) is 0 Å². The molecule has 0 bridgehead atoms. The van der Waals surface area contributed by atoms with E-state index in [4.69, 9.17) is 0 Å². The molecule has 1 rings (SSSR count). The van der Waals surface area contributed by atoms with Crippen molar-refractivity contribution >= 4 is 11.6 Å². The Hall–Kier alpha value is -1.39. The fourth-order valence-corrected chi connectivity index (χ4v) is 1.90. The van der Waals surface area contributed by atoms with Gasteiger partial charge in [-0.05, 0) is 38.8 Å². The summed E-state index contributed by atoms with van der Waals surface area (Å²) in [5.41, 5.74) is 2.85. The number of benzene rings is 1. The summed E-state index contributed by atoms with van der Waals surface area (Å²) in [4.78, 5) is 11.9. The van der Waals surface area contributed by atoms with Gasteiger partial charge >= 0.3 is 0 Å². The predicted molar refractivity (Wildman–Crippen MR) is 74.1 cm³/mol. The molecule has 0 aliphatic carbocycles. The van der Waals surface area contributed by atoms with Crippen LogP contribution in [0.4, 0.5) is 5.69 Å². The number of quaternary nitrogens is 1. The highest BCUT2D eigenvalue weighted by molar-refractivity contribution is 5.93. The average molecular weight is 250 g/mol. The number of hydroxylamine groups is 3. The van der Waals surface area contributed by atoms with Crippen LogP contribution in [0, 0.1) is 19.1 Å². The molecule has 0 aliphatic heterocycles. The van der Waals surface area contributed by atoms with Crippen LogP contribution >= 0.6 is 0 Å². The molecule has 0 atom stereocenters. The molecule has 1 N–H and O–H groups in total. The van der Waals surface area contributed by atoms with Crippen LogP contribution in [0.25, 0.3) is 0 Å². The van der Waals surface area contributed by atoms with Crippen molar-refractivity contribution in [2.45, 2.75) is 27.7 Å². The van der Waals surface area contributed by atoms with E-state index < -0.39 is 4.65 Å². The number of amides is 1.